The third-order valence-electron chi connectivity index (χ3n) is 4.92. The zero-order valence-corrected chi connectivity index (χ0v) is 14.2. The van der Waals surface area contributed by atoms with Crippen LogP contribution in [-0.2, 0) is 13.0 Å². The van der Waals surface area contributed by atoms with Crippen LogP contribution in [-0.4, -0.2) is 28.0 Å². The number of nitrogens with one attached hydrogen (secondary N) is 2. The molecule has 1 aliphatic heterocycles. The average Bonchev–Trinajstić information content (AvgIpc) is 2.58. The van der Waals surface area contributed by atoms with Gasteiger partial charge in [0.2, 0.25) is 0 Å². The summed E-state index contributed by atoms with van der Waals surface area (Å²) in [6, 6.07) is 10.6. The third kappa shape index (κ3) is 4.23. The van der Waals surface area contributed by atoms with Gasteiger partial charge in [-0.15, -0.1) is 0 Å². The molecule has 5 nitrogen and oxygen atoms in total. The minimum atomic E-state index is -0.430. The molecule has 24 heavy (non-hydrogen) atoms. The molecule has 128 valence electrons. The first-order valence-electron chi connectivity index (χ1n) is 8.70. The van der Waals surface area contributed by atoms with Gasteiger partial charge >= 0.3 is 5.69 Å². The molecule has 2 aromatic rings. The summed E-state index contributed by atoms with van der Waals surface area (Å²) >= 11 is 0. The number of hydrogen-bond donors (Lipinski definition) is 2. The summed E-state index contributed by atoms with van der Waals surface area (Å²) in [5.74, 6) is 0.668. The van der Waals surface area contributed by atoms with Crippen molar-refractivity contribution in [3.8, 4) is 0 Å². The van der Waals surface area contributed by atoms with E-state index >= 15 is 0 Å². The Balaban J connectivity index is 1.60. The van der Waals surface area contributed by atoms with E-state index in [0.29, 0.717) is 23.7 Å². The van der Waals surface area contributed by atoms with Crippen molar-refractivity contribution in [2.24, 2.45) is 5.92 Å². The van der Waals surface area contributed by atoms with Gasteiger partial charge in [0.15, 0.2) is 0 Å². The molecule has 1 aromatic heterocycles. The van der Waals surface area contributed by atoms with Gasteiger partial charge in [-0.25, -0.2) is 4.79 Å². The van der Waals surface area contributed by atoms with Crippen LogP contribution in [0.4, 0.5) is 0 Å². The third-order valence-corrected chi connectivity index (χ3v) is 4.92. The molecular weight excluding hydrogens is 302 g/mol. The molecular formula is C19H25N3O2. The number of aromatic nitrogens is 2. The maximum atomic E-state index is 12.0. The highest BCUT2D eigenvalue weighted by molar-refractivity contribution is 5.15. The molecule has 1 aliphatic rings. The molecule has 5 heteroatoms. The fourth-order valence-electron chi connectivity index (χ4n) is 3.59. The van der Waals surface area contributed by atoms with Crippen LogP contribution >= 0.6 is 0 Å². The Morgan fingerprint density at radius 1 is 1.17 bits per heavy atom. The quantitative estimate of drug-likeness (QED) is 0.885. The van der Waals surface area contributed by atoms with Crippen molar-refractivity contribution < 1.29 is 0 Å². The first kappa shape index (κ1) is 16.7. The van der Waals surface area contributed by atoms with Crippen LogP contribution in [0.5, 0.6) is 0 Å². The zero-order valence-electron chi connectivity index (χ0n) is 14.2. The first-order chi connectivity index (χ1) is 11.6. The standard InChI is InChI=1S/C19H25N3O2/c1-14-17(18(23)21-19(24)20-14)13-22-11-5-8-16(12-22)10-9-15-6-3-2-4-7-15/h2-4,6-7,16H,5,8-13H2,1H3,(H2,20,21,23,24)/t16-/m0/s1. The molecule has 2 heterocycles. The molecule has 0 unspecified atom stereocenters. The van der Waals surface area contributed by atoms with Gasteiger partial charge < -0.3 is 4.98 Å². The van der Waals surface area contributed by atoms with Gasteiger partial charge in [-0.2, -0.15) is 0 Å². The van der Waals surface area contributed by atoms with Gasteiger partial charge in [0, 0.05) is 18.8 Å². The fraction of sp³-hybridized carbons (Fsp3) is 0.474. The molecule has 0 saturated carbocycles. The largest absolute Gasteiger partial charge is 0.325 e. The fourth-order valence-corrected chi connectivity index (χ4v) is 3.59. The molecule has 0 spiro atoms. The normalized spacial score (nSPS) is 18.6. The Bertz CT molecular complexity index is 779. The smallest absolute Gasteiger partial charge is 0.311 e. The van der Waals surface area contributed by atoms with Gasteiger partial charge in [0.05, 0.1) is 5.56 Å². The number of H-pyrrole nitrogens is 2. The van der Waals surface area contributed by atoms with Crippen molar-refractivity contribution >= 4 is 0 Å². The highest BCUT2D eigenvalue weighted by atomic mass is 16.2. The minimum Gasteiger partial charge on any atom is -0.311 e. The van der Waals surface area contributed by atoms with Crippen molar-refractivity contribution in [1.29, 1.82) is 0 Å². The Hall–Kier alpha value is -2.14. The van der Waals surface area contributed by atoms with E-state index in [2.05, 4.69) is 45.2 Å². The molecule has 1 aromatic carbocycles. The highest BCUT2D eigenvalue weighted by Crippen LogP contribution is 2.22. The molecule has 0 bridgehead atoms. The van der Waals surface area contributed by atoms with Crippen LogP contribution in [0, 0.1) is 12.8 Å². The van der Waals surface area contributed by atoms with E-state index in [0.717, 1.165) is 19.5 Å². The molecule has 2 N–H and O–H groups in total. The summed E-state index contributed by atoms with van der Waals surface area (Å²) in [4.78, 5) is 30.7. The number of hydrogen-bond acceptors (Lipinski definition) is 3. The maximum Gasteiger partial charge on any atom is 0.325 e. The van der Waals surface area contributed by atoms with Crippen molar-refractivity contribution in [3.63, 3.8) is 0 Å². The van der Waals surface area contributed by atoms with Gasteiger partial charge in [-0.05, 0) is 50.6 Å². The second kappa shape index (κ2) is 7.62. The topological polar surface area (TPSA) is 69.0 Å². The average molecular weight is 327 g/mol. The van der Waals surface area contributed by atoms with Crippen molar-refractivity contribution in [2.45, 2.75) is 39.2 Å². The lowest BCUT2D eigenvalue weighted by molar-refractivity contribution is 0.161. The van der Waals surface area contributed by atoms with E-state index in [1.165, 1.54) is 24.8 Å². The molecule has 0 amide bonds. The van der Waals surface area contributed by atoms with E-state index in [1.807, 2.05) is 0 Å². The summed E-state index contributed by atoms with van der Waals surface area (Å²) < 4.78 is 0. The lowest BCUT2D eigenvalue weighted by atomic mass is 9.91. The second-order valence-corrected chi connectivity index (χ2v) is 6.78. The first-order valence-corrected chi connectivity index (χ1v) is 8.70. The SMILES string of the molecule is Cc1[nH]c(=O)[nH]c(=O)c1CN1CCC[C@@H](CCc2ccccc2)C1. The molecule has 1 saturated heterocycles. The molecule has 1 atom stereocenters. The molecule has 3 rings (SSSR count). The summed E-state index contributed by atoms with van der Waals surface area (Å²) in [6.45, 7) is 4.44. The summed E-state index contributed by atoms with van der Waals surface area (Å²) in [6.07, 6.45) is 4.71. The monoisotopic (exact) mass is 327 g/mol. The zero-order chi connectivity index (χ0) is 16.9. The van der Waals surface area contributed by atoms with Crippen LogP contribution in [0.2, 0.25) is 0 Å². The Morgan fingerprint density at radius 2 is 1.96 bits per heavy atom. The van der Waals surface area contributed by atoms with Crippen molar-refractivity contribution in [1.82, 2.24) is 14.9 Å². The Morgan fingerprint density at radius 3 is 2.71 bits per heavy atom. The molecule has 1 fully saturated rings. The summed E-state index contributed by atoms with van der Waals surface area (Å²) in [7, 11) is 0. The predicted molar refractivity (Wildman–Crippen MR) is 95.2 cm³/mol. The number of benzene rings is 1. The van der Waals surface area contributed by atoms with Gasteiger partial charge in [0.25, 0.3) is 5.56 Å². The van der Waals surface area contributed by atoms with E-state index in [1.54, 1.807) is 6.92 Å². The Labute approximate surface area is 141 Å². The van der Waals surface area contributed by atoms with E-state index in [-0.39, 0.29) is 5.56 Å². The number of nitrogens with zero attached hydrogens (tertiary/aromatic N) is 1. The van der Waals surface area contributed by atoms with Crippen LogP contribution in [0.15, 0.2) is 39.9 Å². The molecule has 0 radical (unpaired) electrons. The van der Waals surface area contributed by atoms with Crippen LogP contribution in [0.3, 0.4) is 0 Å². The van der Waals surface area contributed by atoms with E-state index < -0.39 is 5.69 Å². The second-order valence-electron chi connectivity index (χ2n) is 6.78. The number of likely N-dealkylation sites (tertiary alicyclic amines) is 1. The summed E-state index contributed by atoms with van der Waals surface area (Å²) in [5, 5.41) is 0. The molecule has 0 aliphatic carbocycles. The lowest BCUT2D eigenvalue weighted by Crippen LogP contribution is -2.38. The maximum absolute atomic E-state index is 12.0. The minimum absolute atomic E-state index is 0.261. The number of piperidine rings is 1. The van der Waals surface area contributed by atoms with Crippen molar-refractivity contribution in [2.75, 3.05) is 13.1 Å². The predicted octanol–water partition coefficient (Wildman–Crippen LogP) is 2.22. The van der Waals surface area contributed by atoms with Gasteiger partial charge in [-0.1, -0.05) is 30.3 Å². The highest BCUT2D eigenvalue weighted by Gasteiger charge is 2.21. The van der Waals surface area contributed by atoms with E-state index in [9.17, 15) is 9.59 Å². The number of aryl methyl sites for hydroxylation is 2. The van der Waals surface area contributed by atoms with Crippen molar-refractivity contribution in [3.05, 3.63) is 68.0 Å². The van der Waals surface area contributed by atoms with Gasteiger partial charge in [0.1, 0.15) is 0 Å². The number of aromatic amines is 2. The summed E-state index contributed by atoms with van der Waals surface area (Å²) in [5.41, 5.74) is 2.05. The lowest BCUT2D eigenvalue weighted by Gasteiger charge is -2.32. The van der Waals surface area contributed by atoms with Crippen LogP contribution in [0.1, 0.15) is 36.1 Å². The Kier molecular flexibility index (Phi) is 5.30. The van der Waals surface area contributed by atoms with Crippen LogP contribution < -0.4 is 11.2 Å². The number of rotatable bonds is 5. The van der Waals surface area contributed by atoms with Gasteiger partial charge in [-0.3, -0.25) is 14.7 Å². The van der Waals surface area contributed by atoms with E-state index in [4.69, 9.17) is 0 Å². The van der Waals surface area contributed by atoms with Crippen LogP contribution in [0.25, 0.3) is 0 Å².